The molecule has 0 amide bonds. The van der Waals surface area contributed by atoms with Gasteiger partial charge in [-0.15, -0.1) is 13.2 Å². The summed E-state index contributed by atoms with van der Waals surface area (Å²) in [5, 5.41) is -6.52. The van der Waals surface area contributed by atoms with Crippen LogP contribution in [0.5, 0.6) is 0 Å². The maximum Gasteiger partial charge on any atom is 0.527 e. The Kier molecular flexibility index (Phi) is 3.31. The van der Waals surface area contributed by atoms with Gasteiger partial charge in [0, 0.05) is 0 Å². The Morgan fingerprint density at radius 1 is 0.933 bits per heavy atom. The molecule has 0 aromatic rings. The van der Waals surface area contributed by atoms with Gasteiger partial charge in [-0.25, -0.2) is 13.2 Å². The minimum absolute atomic E-state index is 1.55. The van der Waals surface area contributed by atoms with Crippen LogP contribution in [0.2, 0.25) is 0 Å². The fraction of sp³-hybridized carbons (Fsp3) is 1.00. The van der Waals surface area contributed by atoms with Crippen LogP contribution >= 0.6 is 0 Å². The van der Waals surface area contributed by atoms with Crippen molar-refractivity contribution in [3.8, 4) is 0 Å². The van der Waals surface area contributed by atoms with Gasteiger partial charge in [0.15, 0.2) is 10.1 Å². The molecule has 0 aliphatic heterocycles. The summed E-state index contributed by atoms with van der Waals surface area (Å²) >= 11 is 0. The number of rotatable bonds is 3. The molecule has 0 aromatic carbocycles. The number of alkyl halides is 7. The summed E-state index contributed by atoms with van der Waals surface area (Å²) < 4.78 is 111. The van der Waals surface area contributed by atoms with Gasteiger partial charge in [0.1, 0.15) is 0 Å². The number of hydrogen-bond acceptors (Lipinski definition) is 4. The lowest BCUT2D eigenvalue weighted by atomic mass is 10.6. The van der Waals surface area contributed by atoms with Crippen LogP contribution in [0.15, 0.2) is 0 Å². The summed E-state index contributed by atoms with van der Waals surface area (Å²) in [5.41, 5.74) is 0. The summed E-state index contributed by atoms with van der Waals surface area (Å²) in [6, 6.07) is 0. The van der Waals surface area contributed by atoms with Crippen molar-refractivity contribution in [2.45, 2.75) is 17.7 Å². The molecule has 0 atom stereocenters. The van der Waals surface area contributed by atoms with E-state index in [1.807, 2.05) is 0 Å². The van der Waals surface area contributed by atoms with Crippen molar-refractivity contribution in [2.75, 3.05) is 0 Å². The van der Waals surface area contributed by atoms with Crippen molar-refractivity contribution in [1.82, 2.24) is 0 Å². The molecular formula is C3F7O4S-. The Morgan fingerprint density at radius 2 is 1.27 bits per heavy atom. The predicted molar refractivity (Wildman–Crippen MR) is 26.7 cm³/mol. The summed E-state index contributed by atoms with van der Waals surface area (Å²) in [6.07, 6.45) is -12.7. The van der Waals surface area contributed by atoms with E-state index in [4.69, 9.17) is 0 Å². The molecule has 0 radical (unpaired) electrons. The van der Waals surface area contributed by atoms with Crippen molar-refractivity contribution < 1.29 is 48.4 Å². The Labute approximate surface area is 77.4 Å². The Hall–Kier alpha value is -0.620. The van der Waals surface area contributed by atoms with Crippen LogP contribution in [-0.2, 0) is 14.9 Å². The lowest BCUT2D eigenvalue weighted by Crippen LogP contribution is -2.50. The molecule has 0 spiro atoms. The van der Waals surface area contributed by atoms with Crippen LogP contribution in [0.3, 0.4) is 0 Å². The van der Waals surface area contributed by atoms with Gasteiger partial charge in [-0.05, 0) is 0 Å². The van der Waals surface area contributed by atoms with Crippen LogP contribution in [0.1, 0.15) is 0 Å². The second-order valence-corrected chi connectivity index (χ2v) is 3.46. The third-order valence-corrected chi connectivity index (χ3v) is 1.76. The largest absolute Gasteiger partial charge is 0.743 e. The topological polar surface area (TPSA) is 66.4 Å². The molecule has 15 heavy (non-hydrogen) atoms. The Bertz CT molecular complexity index is 329. The Balaban J connectivity index is 5.21. The molecule has 0 saturated heterocycles. The van der Waals surface area contributed by atoms with Gasteiger partial charge in [0.25, 0.3) is 0 Å². The van der Waals surface area contributed by atoms with Gasteiger partial charge < -0.3 is 4.55 Å². The maximum atomic E-state index is 12.0. The zero-order valence-corrected chi connectivity index (χ0v) is 7.00. The fourth-order valence-corrected chi connectivity index (χ4v) is 0.683. The summed E-state index contributed by atoms with van der Waals surface area (Å²) in [6.45, 7) is 0. The number of halogens is 7. The van der Waals surface area contributed by atoms with E-state index in [0.29, 0.717) is 0 Å². The predicted octanol–water partition coefficient (Wildman–Crippen LogP) is 1.25. The minimum atomic E-state index is -6.99. The van der Waals surface area contributed by atoms with Crippen LogP contribution < -0.4 is 0 Å². The van der Waals surface area contributed by atoms with Crippen molar-refractivity contribution >= 4 is 10.1 Å². The van der Waals surface area contributed by atoms with Crippen LogP contribution in [-0.4, -0.2) is 30.7 Å². The van der Waals surface area contributed by atoms with Gasteiger partial charge >= 0.3 is 17.7 Å². The highest BCUT2D eigenvalue weighted by Gasteiger charge is 2.67. The van der Waals surface area contributed by atoms with Gasteiger partial charge in [0.05, 0.1) is 0 Å². The molecule has 0 aliphatic carbocycles. The van der Waals surface area contributed by atoms with Gasteiger partial charge in [0.2, 0.25) is 0 Å². The molecule has 0 bridgehead atoms. The monoisotopic (exact) mass is 265 g/mol. The molecule has 0 saturated carbocycles. The van der Waals surface area contributed by atoms with E-state index in [1.165, 1.54) is 0 Å². The normalized spacial score (nSPS) is 15.5. The van der Waals surface area contributed by atoms with Crippen LogP contribution in [0.4, 0.5) is 30.7 Å². The second kappa shape index (κ2) is 3.45. The Morgan fingerprint density at radius 3 is 1.47 bits per heavy atom. The fourth-order valence-electron chi connectivity index (χ4n) is 0.350. The van der Waals surface area contributed by atoms with E-state index in [1.54, 1.807) is 4.74 Å². The summed E-state index contributed by atoms with van der Waals surface area (Å²) in [5.74, 6) is 0. The highest BCUT2D eigenvalue weighted by atomic mass is 32.2. The first-order chi connectivity index (χ1) is 6.21. The highest BCUT2D eigenvalue weighted by Crippen LogP contribution is 2.42. The molecule has 0 unspecified atom stereocenters. The number of ether oxygens (including phenoxy) is 1. The SMILES string of the molecule is O=S(=O)([O-])C(F)(F)C(F)(F)OC(F)(F)F. The molecule has 0 N–H and O–H groups in total. The van der Waals surface area contributed by atoms with Crippen LogP contribution in [0, 0.1) is 0 Å². The van der Waals surface area contributed by atoms with Crippen molar-refractivity contribution in [1.29, 1.82) is 0 Å². The average molecular weight is 265 g/mol. The van der Waals surface area contributed by atoms with Crippen LogP contribution in [0.25, 0.3) is 0 Å². The third kappa shape index (κ3) is 3.17. The first kappa shape index (κ1) is 14.4. The molecule has 4 nitrogen and oxygen atoms in total. The molecular weight excluding hydrogens is 265 g/mol. The minimum Gasteiger partial charge on any atom is -0.743 e. The van der Waals surface area contributed by atoms with E-state index in [2.05, 4.69) is 0 Å². The van der Waals surface area contributed by atoms with Crippen molar-refractivity contribution in [3.05, 3.63) is 0 Å². The highest BCUT2D eigenvalue weighted by molar-refractivity contribution is 7.86. The molecule has 0 rings (SSSR count). The van der Waals surface area contributed by atoms with Gasteiger partial charge in [-0.2, -0.15) is 17.6 Å². The van der Waals surface area contributed by atoms with Crippen molar-refractivity contribution in [3.63, 3.8) is 0 Å². The average Bonchev–Trinajstić information content (AvgIpc) is 1.77. The summed E-state index contributed by atoms with van der Waals surface area (Å²) in [7, 11) is -6.99. The zero-order valence-electron chi connectivity index (χ0n) is 6.19. The first-order valence-corrected chi connectivity index (χ1v) is 4.09. The van der Waals surface area contributed by atoms with E-state index in [-0.39, 0.29) is 0 Å². The van der Waals surface area contributed by atoms with E-state index in [9.17, 15) is 43.7 Å². The summed E-state index contributed by atoms with van der Waals surface area (Å²) in [4.78, 5) is 0. The molecule has 0 aromatic heterocycles. The standard InChI is InChI=1S/C3HF7O4S/c4-1(5,14-3(8,9)10)2(6,7)15(11,12)13/h(H,11,12,13)/p-1. The molecule has 0 fully saturated rings. The molecule has 12 heteroatoms. The van der Waals surface area contributed by atoms with E-state index in [0.717, 1.165) is 0 Å². The second-order valence-electron chi connectivity index (χ2n) is 2.04. The number of hydrogen-bond donors (Lipinski definition) is 0. The van der Waals surface area contributed by atoms with Gasteiger partial charge in [-0.3, -0.25) is 0 Å². The van der Waals surface area contributed by atoms with Crippen molar-refractivity contribution in [2.24, 2.45) is 0 Å². The lowest BCUT2D eigenvalue weighted by molar-refractivity contribution is -0.453. The molecule has 0 aliphatic rings. The first-order valence-electron chi connectivity index (χ1n) is 2.69. The quantitative estimate of drug-likeness (QED) is 0.569. The smallest absolute Gasteiger partial charge is 0.527 e. The van der Waals surface area contributed by atoms with E-state index >= 15 is 0 Å². The van der Waals surface area contributed by atoms with E-state index < -0.39 is 27.8 Å². The lowest BCUT2D eigenvalue weighted by Gasteiger charge is -2.27. The third-order valence-electron chi connectivity index (χ3n) is 0.897. The maximum absolute atomic E-state index is 12.0. The van der Waals surface area contributed by atoms with Gasteiger partial charge in [-0.1, -0.05) is 0 Å². The molecule has 0 heterocycles. The zero-order chi connectivity index (χ0) is 12.7. The molecule has 92 valence electrons.